The Morgan fingerprint density at radius 2 is 2.03 bits per heavy atom. The van der Waals surface area contributed by atoms with Gasteiger partial charge in [-0.3, -0.25) is 9.98 Å². The molecule has 2 heterocycles. The van der Waals surface area contributed by atoms with Crippen molar-refractivity contribution in [2.45, 2.75) is 51.0 Å². The van der Waals surface area contributed by atoms with E-state index in [4.69, 9.17) is 5.26 Å². The van der Waals surface area contributed by atoms with Crippen molar-refractivity contribution < 1.29 is 8.78 Å². The normalized spacial score (nSPS) is 20.7. The molecule has 1 aromatic heterocycles. The van der Waals surface area contributed by atoms with Crippen LogP contribution in [0.15, 0.2) is 84.5 Å². The lowest BCUT2D eigenvalue weighted by molar-refractivity contribution is 0.190. The Balaban J connectivity index is 0.00000199. The highest BCUT2D eigenvalue weighted by atomic mass is 19.3. The zero-order valence-corrected chi connectivity index (χ0v) is 19.8. The van der Waals surface area contributed by atoms with Crippen molar-refractivity contribution in [2.75, 3.05) is 18.0 Å². The fourth-order valence-corrected chi connectivity index (χ4v) is 3.74. The molecule has 0 bridgehead atoms. The highest BCUT2D eigenvalue weighted by Crippen LogP contribution is 2.45. The molecule has 1 saturated carbocycles. The first kappa shape index (κ1) is 26.7. The minimum Gasteiger partial charge on any atom is -0.390 e. The average Bonchev–Trinajstić information content (AvgIpc) is 3.71. The molecule has 1 atom stereocenters. The van der Waals surface area contributed by atoms with Gasteiger partial charge in [0.15, 0.2) is 0 Å². The molecule has 1 aliphatic heterocycles. The number of aromatic nitrogens is 1. The number of nitrogens with zero attached hydrogens (tertiary/aromatic N) is 4. The number of allylic oxidation sites excluding steroid dienone is 5. The number of aliphatic imine (C=N–C) groups is 1. The van der Waals surface area contributed by atoms with Crippen molar-refractivity contribution in [1.82, 2.24) is 10.3 Å². The number of nitrogens with one attached hydrogen (secondary N) is 1. The summed E-state index contributed by atoms with van der Waals surface area (Å²) in [7, 11) is 0. The van der Waals surface area contributed by atoms with Crippen LogP contribution >= 0.6 is 0 Å². The number of pyridine rings is 1. The van der Waals surface area contributed by atoms with Crippen molar-refractivity contribution in [3.8, 4) is 6.07 Å². The van der Waals surface area contributed by atoms with E-state index in [1.54, 1.807) is 30.8 Å². The second-order valence-corrected chi connectivity index (χ2v) is 8.02. The van der Waals surface area contributed by atoms with Crippen LogP contribution in [0.2, 0.25) is 0 Å². The maximum absolute atomic E-state index is 13.1. The molecule has 7 heteroatoms. The molecule has 1 N–H and O–H groups in total. The molecule has 0 spiro atoms. The monoisotopic (exact) mass is 465 g/mol. The van der Waals surface area contributed by atoms with Crippen molar-refractivity contribution in [3.63, 3.8) is 0 Å². The first-order chi connectivity index (χ1) is 16.5. The zero-order chi connectivity index (χ0) is 24.9. The van der Waals surface area contributed by atoms with Crippen LogP contribution in [-0.4, -0.2) is 36.8 Å². The van der Waals surface area contributed by atoms with Crippen LogP contribution in [-0.2, 0) is 0 Å². The average molecular weight is 466 g/mol. The minimum atomic E-state index is -2.50. The van der Waals surface area contributed by atoms with Gasteiger partial charge in [0.25, 0.3) is 6.43 Å². The second-order valence-electron chi connectivity index (χ2n) is 8.02. The number of hydrogen-bond acceptors (Lipinski definition) is 5. The summed E-state index contributed by atoms with van der Waals surface area (Å²) < 4.78 is 26.2. The Labute approximate surface area is 201 Å². The molecule has 180 valence electrons. The van der Waals surface area contributed by atoms with Crippen LogP contribution < -0.4 is 10.2 Å². The quantitative estimate of drug-likeness (QED) is 0.392. The Hall–Kier alpha value is -3.53. The van der Waals surface area contributed by atoms with E-state index in [2.05, 4.69) is 52.1 Å². The van der Waals surface area contributed by atoms with Gasteiger partial charge in [0.2, 0.25) is 0 Å². The van der Waals surface area contributed by atoms with E-state index in [1.807, 2.05) is 6.20 Å². The van der Waals surface area contributed by atoms with E-state index >= 15 is 0 Å². The maximum Gasteiger partial charge on any atom is 0.259 e. The van der Waals surface area contributed by atoms with E-state index in [-0.39, 0.29) is 11.6 Å². The molecule has 0 saturated heterocycles. The van der Waals surface area contributed by atoms with Gasteiger partial charge in [-0.1, -0.05) is 12.7 Å². The first-order valence-electron chi connectivity index (χ1n) is 11.4. The molecule has 1 fully saturated rings. The number of hydrogen-bond donors (Lipinski definition) is 1. The van der Waals surface area contributed by atoms with Gasteiger partial charge in [-0.25, -0.2) is 8.78 Å². The Bertz CT molecular complexity index is 983. The van der Waals surface area contributed by atoms with Gasteiger partial charge in [-0.05, 0) is 67.9 Å². The van der Waals surface area contributed by atoms with Gasteiger partial charge in [0, 0.05) is 43.4 Å². The molecule has 0 radical (unpaired) electrons. The summed E-state index contributed by atoms with van der Waals surface area (Å²) in [6.07, 6.45) is 13.1. The summed E-state index contributed by atoms with van der Waals surface area (Å²) in [5, 5.41) is 12.3. The van der Waals surface area contributed by atoms with E-state index in [1.165, 1.54) is 18.6 Å². The van der Waals surface area contributed by atoms with Gasteiger partial charge in [0.05, 0.1) is 17.5 Å². The van der Waals surface area contributed by atoms with E-state index < -0.39 is 6.43 Å². The number of anilines is 1. The van der Waals surface area contributed by atoms with Gasteiger partial charge in [-0.2, -0.15) is 5.26 Å². The first-order valence-corrected chi connectivity index (χ1v) is 11.4. The molecule has 3 rings (SSSR count). The third-order valence-electron chi connectivity index (χ3n) is 5.65. The molecule has 1 unspecified atom stereocenters. The fraction of sp³-hybridized carbons (Fsp3) is 0.370. The number of alkyl halides is 2. The van der Waals surface area contributed by atoms with E-state index in [9.17, 15) is 8.78 Å². The summed E-state index contributed by atoms with van der Waals surface area (Å²) in [6, 6.07) is 4.21. The summed E-state index contributed by atoms with van der Waals surface area (Å²) in [6.45, 7) is 12.6. The summed E-state index contributed by atoms with van der Waals surface area (Å²) in [4.78, 5) is 11.0. The van der Waals surface area contributed by atoms with E-state index in [0.717, 1.165) is 37.1 Å². The Morgan fingerprint density at radius 3 is 2.68 bits per heavy atom. The standard InChI is InChI=1S/C25H29F2N5.C2H4/c1-3-21(7-4-18(2)25(26)27)32(24-17-31-13-10-23(24)20-5-6-20)22-8-11-29-15-19(14-28)16-30-12-9-22;1-2/h3-4,7,10,13,15-17,20,22,25,29H,1,5-6,8-9,11-12H2,2H3;1-2H2/b18-4+,19-15-,21-7+,30-16?;. The molecular weight excluding hydrogens is 432 g/mol. The predicted molar refractivity (Wildman–Crippen MR) is 136 cm³/mol. The van der Waals surface area contributed by atoms with Crippen LogP contribution in [0.4, 0.5) is 14.5 Å². The van der Waals surface area contributed by atoms with Crippen LogP contribution in [0.5, 0.6) is 0 Å². The summed E-state index contributed by atoms with van der Waals surface area (Å²) in [5.74, 6) is 0.497. The summed E-state index contributed by atoms with van der Waals surface area (Å²) in [5.41, 5.74) is 3.46. The lowest BCUT2D eigenvalue weighted by Crippen LogP contribution is -2.37. The van der Waals surface area contributed by atoms with Crippen LogP contribution in [0, 0.1) is 11.3 Å². The van der Waals surface area contributed by atoms with Gasteiger partial charge in [0.1, 0.15) is 6.07 Å². The maximum atomic E-state index is 13.1. The smallest absolute Gasteiger partial charge is 0.259 e. The van der Waals surface area contributed by atoms with E-state index in [0.29, 0.717) is 24.6 Å². The molecule has 2 aliphatic rings. The third-order valence-corrected chi connectivity index (χ3v) is 5.65. The number of nitriles is 1. The highest BCUT2D eigenvalue weighted by molar-refractivity contribution is 5.83. The molecule has 0 aromatic carbocycles. The third kappa shape index (κ3) is 7.51. The zero-order valence-electron chi connectivity index (χ0n) is 19.8. The molecule has 5 nitrogen and oxygen atoms in total. The second kappa shape index (κ2) is 13.9. The molecule has 34 heavy (non-hydrogen) atoms. The van der Waals surface area contributed by atoms with Crippen LogP contribution in [0.3, 0.4) is 0 Å². The van der Waals surface area contributed by atoms with Crippen LogP contribution in [0.1, 0.15) is 44.1 Å². The van der Waals surface area contributed by atoms with Crippen molar-refractivity contribution >= 4 is 11.9 Å². The van der Waals surface area contributed by atoms with Gasteiger partial charge in [-0.15, -0.1) is 13.2 Å². The Morgan fingerprint density at radius 1 is 1.26 bits per heavy atom. The molecule has 1 aromatic rings. The topological polar surface area (TPSA) is 64.3 Å². The predicted octanol–water partition coefficient (Wildman–Crippen LogP) is 6.08. The highest BCUT2D eigenvalue weighted by Gasteiger charge is 2.30. The Kier molecular flexibility index (Phi) is 10.9. The molecule has 1 aliphatic carbocycles. The molecule has 0 amide bonds. The van der Waals surface area contributed by atoms with Crippen LogP contribution in [0.25, 0.3) is 0 Å². The lowest BCUT2D eigenvalue weighted by atomic mass is 10.0. The van der Waals surface area contributed by atoms with Gasteiger partial charge >= 0.3 is 0 Å². The SMILES string of the molecule is C=C.C=C/C(=C\C=C(/C)C(F)F)N(c1cnccc1C1CC1)C1CCN=C/C(C#N)=C\NCC1. The number of halogens is 2. The van der Waals surface area contributed by atoms with Crippen molar-refractivity contribution in [3.05, 3.63) is 85.0 Å². The number of rotatable bonds is 7. The molecular formula is C27H33F2N5. The fourth-order valence-electron chi connectivity index (χ4n) is 3.74. The largest absolute Gasteiger partial charge is 0.390 e. The minimum absolute atomic E-state index is 0.00398. The lowest BCUT2D eigenvalue weighted by Gasteiger charge is -2.36. The van der Waals surface area contributed by atoms with Gasteiger partial charge < -0.3 is 10.2 Å². The summed E-state index contributed by atoms with van der Waals surface area (Å²) >= 11 is 0. The van der Waals surface area contributed by atoms with Crippen molar-refractivity contribution in [2.24, 2.45) is 4.99 Å². The van der Waals surface area contributed by atoms with Crippen molar-refractivity contribution in [1.29, 1.82) is 5.26 Å².